The number of carbonyl (C=O) groups excluding carboxylic acids is 1. The number of oxime groups is 1. The second-order valence-electron chi connectivity index (χ2n) is 5.19. The first-order valence-electron chi connectivity index (χ1n) is 6.90. The quantitative estimate of drug-likeness (QED) is 0.658. The Bertz CT molecular complexity index is 542. The number of aryl methyl sites for hydroxylation is 2. The van der Waals surface area contributed by atoms with Gasteiger partial charge in [-0.2, -0.15) is 10.2 Å². The maximum Gasteiger partial charge on any atom is 0.255 e. The Balaban J connectivity index is 2.22. The van der Waals surface area contributed by atoms with Gasteiger partial charge in [0.15, 0.2) is 0 Å². The van der Waals surface area contributed by atoms with Crippen LogP contribution in [0, 0.1) is 12.8 Å². The standard InChI is InChI=1S/C14H20N4O2/c1-4-12-11(7-10(3)15-16-12)14(19)18-6-5-13(17-20)9(2)8-18/h7,9,20H,4-6,8H2,1-3H3. The zero-order valence-electron chi connectivity index (χ0n) is 12.1. The Hall–Kier alpha value is -1.98. The molecule has 2 heterocycles. The van der Waals surface area contributed by atoms with Gasteiger partial charge in [0.1, 0.15) is 0 Å². The summed E-state index contributed by atoms with van der Waals surface area (Å²) in [5, 5.41) is 20.3. The topological polar surface area (TPSA) is 78.7 Å². The van der Waals surface area contributed by atoms with E-state index >= 15 is 0 Å². The molecule has 1 N–H and O–H groups in total. The van der Waals surface area contributed by atoms with Gasteiger partial charge >= 0.3 is 0 Å². The van der Waals surface area contributed by atoms with Gasteiger partial charge < -0.3 is 10.1 Å². The predicted molar refractivity (Wildman–Crippen MR) is 75.1 cm³/mol. The first-order valence-corrected chi connectivity index (χ1v) is 6.90. The van der Waals surface area contributed by atoms with E-state index in [1.165, 1.54) is 0 Å². The van der Waals surface area contributed by atoms with Gasteiger partial charge in [0, 0.05) is 25.4 Å². The van der Waals surface area contributed by atoms with Crippen LogP contribution < -0.4 is 0 Å². The van der Waals surface area contributed by atoms with Crippen LogP contribution in [0.1, 0.15) is 42.0 Å². The van der Waals surface area contributed by atoms with Gasteiger partial charge in [-0.15, -0.1) is 0 Å². The molecule has 1 aliphatic rings. The highest BCUT2D eigenvalue weighted by Crippen LogP contribution is 2.18. The summed E-state index contributed by atoms with van der Waals surface area (Å²) in [5.74, 6) is 0.0716. The number of likely N-dealkylation sites (tertiary alicyclic amines) is 1. The molecular weight excluding hydrogens is 256 g/mol. The van der Waals surface area contributed by atoms with Crippen molar-refractivity contribution in [1.82, 2.24) is 15.1 Å². The number of rotatable bonds is 2. The summed E-state index contributed by atoms with van der Waals surface area (Å²) < 4.78 is 0. The smallest absolute Gasteiger partial charge is 0.255 e. The summed E-state index contributed by atoms with van der Waals surface area (Å²) in [4.78, 5) is 14.4. The van der Waals surface area contributed by atoms with Crippen molar-refractivity contribution in [3.8, 4) is 0 Å². The average Bonchev–Trinajstić information content (AvgIpc) is 2.46. The van der Waals surface area contributed by atoms with Gasteiger partial charge in [-0.05, 0) is 19.4 Å². The van der Waals surface area contributed by atoms with Gasteiger partial charge in [0.25, 0.3) is 5.91 Å². The van der Waals surface area contributed by atoms with Gasteiger partial charge in [0.2, 0.25) is 0 Å². The lowest BCUT2D eigenvalue weighted by Gasteiger charge is -2.31. The third-order valence-corrected chi connectivity index (χ3v) is 3.67. The van der Waals surface area contributed by atoms with Crippen molar-refractivity contribution in [2.45, 2.75) is 33.6 Å². The maximum atomic E-state index is 12.6. The van der Waals surface area contributed by atoms with Crippen LogP contribution in [0.2, 0.25) is 0 Å². The van der Waals surface area contributed by atoms with E-state index in [4.69, 9.17) is 5.21 Å². The van der Waals surface area contributed by atoms with E-state index in [1.54, 1.807) is 11.0 Å². The van der Waals surface area contributed by atoms with Gasteiger partial charge in [-0.1, -0.05) is 19.0 Å². The molecule has 1 atom stereocenters. The van der Waals surface area contributed by atoms with Crippen LogP contribution in [0.5, 0.6) is 0 Å². The van der Waals surface area contributed by atoms with E-state index in [2.05, 4.69) is 15.4 Å². The van der Waals surface area contributed by atoms with Crippen molar-refractivity contribution < 1.29 is 10.0 Å². The van der Waals surface area contributed by atoms with E-state index in [0.29, 0.717) is 31.5 Å². The van der Waals surface area contributed by atoms with Crippen LogP contribution in [0.4, 0.5) is 0 Å². The molecule has 0 bridgehead atoms. The first-order chi connectivity index (χ1) is 9.56. The lowest BCUT2D eigenvalue weighted by molar-refractivity contribution is 0.0732. The molecule has 20 heavy (non-hydrogen) atoms. The molecule has 0 saturated carbocycles. The van der Waals surface area contributed by atoms with Gasteiger partial charge in [0.05, 0.1) is 22.7 Å². The molecule has 1 unspecified atom stereocenters. The van der Waals surface area contributed by atoms with Crippen molar-refractivity contribution in [1.29, 1.82) is 0 Å². The molecule has 1 aliphatic heterocycles. The third kappa shape index (κ3) is 2.79. The van der Waals surface area contributed by atoms with Crippen molar-refractivity contribution >= 4 is 11.6 Å². The minimum atomic E-state index is -0.0105. The molecule has 1 aromatic rings. The summed E-state index contributed by atoms with van der Waals surface area (Å²) in [5.41, 5.74) is 2.87. The van der Waals surface area contributed by atoms with Crippen molar-refractivity contribution in [3.05, 3.63) is 23.0 Å². The van der Waals surface area contributed by atoms with Crippen LogP contribution in [0.3, 0.4) is 0 Å². The number of aromatic nitrogens is 2. The lowest BCUT2D eigenvalue weighted by atomic mass is 9.96. The summed E-state index contributed by atoms with van der Waals surface area (Å²) in [6.07, 6.45) is 1.30. The highest BCUT2D eigenvalue weighted by atomic mass is 16.4. The molecule has 0 aromatic carbocycles. The number of hydrogen-bond acceptors (Lipinski definition) is 5. The van der Waals surface area contributed by atoms with Crippen molar-refractivity contribution in [2.75, 3.05) is 13.1 Å². The zero-order valence-corrected chi connectivity index (χ0v) is 12.1. The van der Waals surface area contributed by atoms with Gasteiger partial charge in [-0.25, -0.2) is 0 Å². The summed E-state index contributed by atoms with van der Waals surface area (Å²) in [6, 6.07) is 1.80. The van der Waals surface area contributed by atoms with E-state index < -0.39 is 0 Å². The molecule has 1 fully saturated rings. The predicted octanol–water partition coefficient (Wildman–Crippen LogP) is 1.66. The van der Waals surface area contributed by atoms with Crippen LogP contribution in [0.15, 0.2) is 11.2 Å². The number of nitrogens with zero attached hydrogens (tertiary/aromatic N) is 4. The van der Waals surface area contributed by atoms with Crippen molar-refractivity contribution in [2.24, 2.45) is 11.1 Å². The normalized spacial score (nSPS) is 21.2. The molecule has 108 valence electrons. The fourth-order valence-corrected chi connectivity index (χ4v) is 2.49. The SMILES string of the molecule is CCc1nnc(C)cc1C(=O)N1CCC(=NO)C(C)C1. The highest BCUT2D eigenvalue weighted by molar-refractivity contribution is 5.97. The molecule has 0 spiro atoms. The van der Waals surface area contributed by atoms with E-state index in [0.717, 1.165) is 17.1 Å². The first kappa shape index (κ1) is 14.4. The molecule has 1 aromatic heterocycles. The minimum Gasteiger partial charge on any atom is -0.411 e. The van der Waals surface area contributed by atoms with Crippen LogP contribution in [-0.2, 0) is 6.42 Å². The number of carbonyl (C=O) groups is 1. The molecule has 2 rings (SSSR count). The van der Waals surface area contributed by atoms with E-state index in [9.17, 15) is 4.79 Å². The fourth-order valence-electron chi connectivity index (χ4n) is 2.49. The Labute approximate surface area is 118 Å². The second-order valence-corrected chi connectivity index (χ2v) is 5.19. The highest BCUT2D eigenvalue weighted by Gasteiger charge is 2.28. The maximum absolute atomic E-state index is 12.6. The van der Waals surface area contributed by atoms with E-state index in [1.807, 2.05) is 20.8 Å². The number of hydrogen-bond donors (Lipinski definition) is 1. The lowest BCUT2D eigenvalue weighted by Crippen LogP contribution is -2.43. The summed E-state index contributed by atoms with van der Waals surface area (Å²) in [6.45, 7) is 6.91. The average molecular weight is 276 g/mol. The van der Waals surface area contributed by atoms with Crippen LogP contribution >= 0.6 is 0 Å². The van der Waals surface area contributed by atoms with Crippen LogP contribution in [-0.4, -0.2) is 45.0 Å². The zero-order chi connectivity index (χ0) is 14.7. The molecule has 1 amide bonds. The summed E-state index contributed by atoms with van der Waals surface area (Å²) in [7, 11) is 0. The third-order valence-electron chi connectivity index (χ3n) is 3.67. The van der Waals surface area contributed by atoms with Gasteiger partial charge in [-0.3, -0.25) is 4.79 Å². The largest absolute Gasteiger partial charge is 0.411 e. The number of piperidine rings is 1. The van der Waals surface area contributed by atoms with E-state index in [-0.39, 0.29) is 11.8 Å². The Morgan fingerprint density at radius 3 is 2.90 bits per heavy atom. The molecule has 1 saturated heterocycles. The Morgan fingerprint density at radius 1 is 1.55 bits per heavy atom. The second kappa shape index (κ2) is 5.98. The molecule has 0 aliphatic carbocycles. The monoisotopic (exact) mass is 276 g/mol. The summed E-state index contributed by atoms with van der Waals surface area (Å²) >= 11 is 0. The Kier molecular flexibility index (Phi) is 4.32. The molecule has 6 heteroatoms. The Morgan fingerprint density at radius 2 is 2.30 bits per heavy atom. The minimum absolute atomic E-state index is 0.0105. The molecule has 6 nitrogen and oxygen atoms in total. The molecular formula is C14H20N4O2. The number of amides is 1. The fraction of sp³-hybridized carbons (Fsp3) is 0.571. The molecule has 0 radical (unpaired) electrons. The van der Waals surface area contributed by atoms with Crippen LogP contribution in [0.25, 0.3) is 0 Å². The van der Waals surface area contributed by atoms with Crippen molar-refractivity contribution in [3.63, 3.8) is 0 Å².